The van der Waals surface area contributed by atoms with Gasteiger partial charge in [0.1, 0.15) is 4.87 Å². The van der Waals surface area contributed by atoms with Crippen molar-refractivity contribution in [2.45, 2.75) is 115 Å². The van der Waals surface area contributed by atoms with E-state index in [1.807, 2.05) is 4.90 Å². The minimum absolute atomic E-state index is 0.0207. The highest BCUT2D eigenvalue weighted by molar-refractivity contribution is 6.39. The maximum atomic E-state index is 12.7. The van der Waals surface area contributed by atoms with Crippen LogP contribution in [-0.2, 0) is 4.79 Å². The van der Waals surface area contributed by atoms with E-state index in [0.29, 0.717) is 0 Å². The van der Waals surface area contributed by atoms with Gasteiger partial charge in [-0.15, -0.1) is 23.2 Å². The molecule has 0 aliphatic heterocycles. The molecule has 0 fully saturated rings. The molecule has 1 amide bonds. The topological polar surface area (TPSA) is 23.6 Å². The van der Waals surface area contributed by atoms with E-state index in [9.17, 15) is 4.79 Å². The van der Waals surface area contributed by atoms with Crippen molar-refractivity contribution in [1.82, 2.24) is 9.80 Å². The number of unbranched alkanes of at least 4 members (excludes halogenated alkanes) is 13. The molecule has 180 valence electrons. The van der Waals surface area contributed by atoms with Crippen molar-refractivity contribution in [3.8, 4) is 0 Å². The summed E-state index contributed by atoms with van der Waals surface area (Å²) >= 11 is 12.3. The molecule has 0 aliphatic rings. The zero-order chi connectivity index (χ0) is 22.7. The molecule has 0 bridgehead atoms. The minimum Gasteiger partial charge on any atom is -0.341 e. The molecule has 0 N–H and O–H groups in total. The number of rotatable bonds is 21. The molecule has 1 atom stereocenters. The Kier molecular flexibility index (Phi) is 19.7. The third-order valence-electron chi connectivity index (χ3n) is 5.80. The molecule has 0 aromatic rings. The van der Waals surface area contributed by atoms with Gasteiger partial charge in [0, 0.05) is 13.1 Å². The molecule has 0 rings (SSSR count). The van der Waals surface area contributed by atoms with Gasteiger partial charge in [0.15, 0.2) is 0 Å². The van der Waals surface area contributed by atoms with E-state index in [4.69, 9.17) is 23.2 Å². The van der Waals surface area contributed by atoms with Gasteiger partial charge in [-0.3, -0.25) is 4.79 Å². The predicted octanol–water partition coefficient (Wildman–Crippen LogP) is 7.48. The second-order valence-electron chi connectivity index (χ2n) is 9.38. The number of carbonyl (C=O) groups is 1. The maximum absolute atomic E-state index is 12.7. The van der Waals surface area contributed by atoms with Crippen molar-refractivity contribution in [3.63, 3.8) is 0 Å². The van der Waals surface area contributed by atoms with Crippen LogP contribution >= 0.6 is 23.2 Å². The van der Waals surface area contributed by atoms with Crippen molar-refractivity contribution in [2.24, 2.45) is 0 Å². The Labute approximate surface area is 198 Å². The largest absolute Gasteiger partial charge is 0.341 e. The van der Waals surface area contributed by atoms with Gasteiger partial charge < -0.3 is 9.80 Å². The summed E-state index contributed by atoms with van der Waals surface area (Å²) in [5, 5.41) is 0. The van der Waals surface area contributed by atoms with Crippen molar-refractivity contribution in [1.29, 1.82) is 0 Å². The van der Waals surface area contributed by atoms with E-state index in [-0.39, 0.29) is 11.8 Å². The van der Waals surface area contributed by atoms with E-state index in [1.54, 1.807) is 6.92 Å². The maximum Gasteiger partial charge on any atom is 0.244 e. The molecule has 30 heavy (non-hydrogen) atoms. The summed E-state index contributed by atoms with van der Waals surface area (Å²) in [6.07, 6.45) is 19.8. The first-order chi connectivity index (χ1) is 14.3. The summed E-state index contributed by atoms with van der Waals surface area (Å²) in [6.45, 7) is 6.54. The fraction of sp³-hybridized carbons (Fsp3) is 0.960. The highest BCUT2D eigenvalue weighted by Gasteiger charge is 2.33. The highest BCUT2D eigenvalue weighted by atomic mass is 35.5. The second kappa shape index (κ2) is 19.7. The van der Waals surface area contributed by atoms with Crippen LogP contribution in [0.4, 0.5) is 0 Å². The molecule has 1 unspecified atom stereocenters. The molecule has 0 saturated carbocycles. The van der Waals surface area contributed by atoms with Gasteiger partial charge in [0.25, 0.3) is 0 Å². The van der Waals surface area contributed by atoms with E-state index in [2.05, 4.69) is 25.9 Å². The van der Waals surface area contributed by atoms with Crippen LogP contribution in [-0.4, -0.2) is 60.2 Å². The monoisotopic (exact) mass is 464 g/mol. The fourth-order valence-electron chi connectivity index (χ4n) is 3.78. The van der Waals surface area contributed by atoms with Gasteiger partial charge in [0.2, 0.25) is 5.91 Å². The van der Waals surface area contributed by atoms with E-state index in [1.165, 1.54) is 83.5 Å². The first-order valence-corrected chi connectivity index (χ1v) is 13.5. The Morgan fingerprint density at radius 2 is 1.10 bits per heavy atom. The van der Waals surface area contributed by atoms with E-state index in [0.717, 1.165) is 32.5 Å². The van der Waals surface area contributed by atoms with Crippen LogP contribution in [0.15, 0.2) is 0 Å². The zero-order valence-electron chi connectivity index (χ0n) is 20.5. The summed E-state index contributed by atoms with van der Waals surface area (Å²) in [6, 6.07) is 0. The van der Waals surface area contributed by atoms with Gasteiger partial charge in [0.05, 0.1) is 5.88 Å². The molecule has 5 heteroatoms. The molecule has 0 spiro atoms. The quantitative estimate of drug-likeness (QED) is 0.130. The first-order valence-electron chi connectivity index (χ1n) is 12.5. The third kappa shape index (κ3) is 16.7. The molecule has 0 aromatic carbocycles. The molecular formula is C25H50Cl2N2O. The first kappa shape index (κ1) is 30.0. The molecule has 0 saturated heterocycles. The van der Waals surface area contributed by atoms with Crippen LogP contribution in [0, 0.1) is 0 Å². The number of alkyl halides is 2. The molecule has 0 radical (unpaired) electrons. The molecule has 3 nitrogen and oxygen atoms in total. The van der Waals surface area contributed by atoms with Crippen LogP contribution in [0.5, 0.6) is 0 Å². The Bertz CT molecular complexity index is 403. The lowest BCUT2D eigenvalue weighted by Crippen LogP contribution is -2.46. The van der Waals surface area contributed by atoms with Crippen molar-refractivity contribution in [2.75, 3.05) is 39.6 Å². The number of halogens is 2. The summed E-state index contributed by atoms with van der Waals surface area (Å²) < 4.78 is 0. The number of nitrogens with zero attached hydrogens (tertiary/aromatic N) is 2. The van der Waals surface area contributed by atoms with Gasteiger partial charge in [-0.05, 0) is 40.4 Å². The summed E-state index contributed by atoms with van der Waals surface area (Å²) in [5.74, 6) is 0.128. The summed E-state index contributed by atoms with van der Waals surface area (Å²) in [5.41, 5.74) is 0. The Hall–Kier alpha value is 0.01000. The molecular weight excluding hydrogens is 415 g/mol. The van der Waals surface area contributed by atoms with Gasteiger partial charge in [-0.1, -0.05) is 90.4 Å². The molecule has 0 heterocycles. The minimum atomic E-state index is -0.990. The number of amides is 1. The number of hydrogen-bond acceptors (Lipinski definition) is 2. The van der Waals surface area contributed by atoms with Gasteiger partial charge in [-0.25, -0.2) is 0 Å². The van der Waals surface area contributed by atoms with Crippen LogP contribution in [0.2, 0.25) is 0 Å². The fourth-order valence-corrected chi connectivity index (χ4v) is 4.01. The van der Waals surface area contributed by atoms with Crippen LogP contribution < -0.4 is 0 Å². The van der Waals surface area contributed by atoms with E-state index >= 15 is 0 Å². The van der Waals surface area contributed by atoms with Crippen molar-refractivity contribution in [3.05, 3.63) is 0 Å². The SMILES string of the molecule is CCCCCCCCCCCCCCCCN(CCCN(C)C)C(=O)C(C)(Cl)CCl. The Balaban J connectivity index is 3.83. The third-order valence-corrected chi connectivity index (χ3v) is 6.77. The normalized spacial score (nSPS) is 13.6. The van der Waals surface area contributed by atoms with Crippen LogP contribution in [0.1, 0.15) is 110 Å². The summed E-state index contributed by atoms with van der Waals surface area (Å²) in [7, 11) is 4.12. The molecule has 0 aromatic heterocycles. The lowest BCUT2D eigenvalue weighted by molar-refractivity contribution is -0.133. The van der Waals surface area contributed by atoms with E-state index < -0.39 is 4.87 Å². The summed E-state index contributed by atoms with van der Waals surface area (Å²) in [4.78, 5) is 15.8. The highest BCUT2D eigenvalue weighted by Crippen LogP contribution is 2.21. The van der Waals surface area contributed by atoms with Gasteiger partial charge in [-0.2, -0.15) is 0 Å². The lowest BCUT2D eigenvalue weighted by atomic mass is 10.0. The van der Waals surface area contributed by atoms with Crippen LogP contribution in [0.3, 0.4) is 0 Å². The Morgan fingerprint density at radius 1 is 0.700 bits per heavy atom. The van der Waals surface area contributed by atoms with Crippen LogP contribution in [0.25, 0.3) is 0 Å². The van der Waals surface area contributed by atoms with Gasteiger partial charge >= 0.3 is 0 Å². The average molecular weight is 466 g/mol. The Morgan fingerprint density at radius 3 is 1.50 bits per heavy atom. The predicted molar refractivity (Wildman–Crippen MR) is 135 cm³/mol. The second-order valence-corrected chi connectivity index (χ2v) is 10.5. The van der Waals surface area contributed by atoms with Crippen molar-refractivity contribution >= 4 is 29.1 Å². The standard InChI is InChI=1S/C25H50Cl2N2O/c1-5-6-7-8-9-10-11-12-13-14-15-16-17-18-21-29(22-19-20-28(3)4)24(30)25(2,27)23-26/h5-23H2,1-4H3. The number of hydrogen-bond donors (Lipinski definition) is 0. The smallest absolute Gasteiger partial charge is 0.244 e. The average Bonchev–Trinajstić information content (AvgIpc) is 2.71. The van der Waals surface area contributed by atoms with Crippen molar-refractivity contribution < 1.29 is 4.79 Å². The number of carbonyl (C=O) groups excluding carboxylic acids is 1. The lowest BCUT2D eigenvalue weighted by Gasteiger charge is -2.29. The zero-order valence-corrected chi connectivity index (χ0v) is 22.0. The molecule has 0 aliphatic carbocycles.